The molecule has 0 fully saturated rings. The number of halogens is 2. The summed E-state index contributed by atoms with van der Waals surface area (Å²) in [6.07, 6.45) is 0. The maximum atomic E-state index is 13.7. The Balaban J connectivity index is 2.01. The van der Waals surface area contributed by atoms with Crippen molar-refractivity contribution in [2.45, 2.75) is 31.3 Å². The predicted octanol–water partition coefficient (Wildman–Crippen LogP) is 4.85. The van der Waals surface area contributed by atoms with Gasteiger partial charge in [0.2, 0.25) is 11.8 Å². The first-order valence-electron chi connectivity index (χ1n) is 11.3. The zero-order valence-corrected chi connectivity index (χ0v) is 23.1. The molecule has 0 aliphatic carbocycles. The normalized spacial score (nSPS) is 12.0. The van der Waals surface area contributed by atoms with Crippen molar-refractivity contribution >= 4 is 55.1 Å². The van der Waals surface area contributed by atoms with Crippen LogP contribution in [0.5, 0.6) is 0 Å². The Morgan fingerprint density at radius 3 is 2.28 bits per heavy atom. The fourth-order valence-electron chi connectivity index (χ4n) is 3.59. The topological polar surface area (TPSA) is 86.8 Å². The fraction of sp³-hybridized carbons (Fsp3) is 0.231. The molecule has 1 atom stereocenters. The van der Waals surface area contributed by atoms with Gasteiger partial charge in [-0.05, 0) is 67.9 Å². The lowest BCUT2D eigenvalue weighted by Crippen LogP contribution is -2.51. The summed E-state index contributed by atoms with van der Waals surface area (Å²) >= 11 is 9.45. The van der Waals surface area contributed by atoms with Gasteiger partial charge in [-0.15, -0.1) is 0 Å². The second-order valence-corrected chi connectivity index (χ2v) is 11.2. The average Bonchev–Trinajstić information content (AvgIpc) is 2.86. The van der Waals surface area contributed by atoms with Crippen LogP contribution in [0.3, 0.4) is 0 Å². The molecular formula is C26H27BrClN3O4S. The predicted molar refractivity (Wildman–Crippen MR) is 145 cm³/mol. The van der Waals surface area contributed by atoms with Crippen molar-refractivity contribution in [3.63, 3.8) is 0 Å². The van der Waals surface area contributed by atoms with E-state index in [1.54, 1.807) is 56.3 Å². The van der Waals surface area contributed by atoms with Gasteiger partial charge in [0.05, 0.1) is 10.6 Å². The monoisotopic (exact) mass is 591 g/mol. The largest absolute Gasteiger partial charge is 0.355 e. The maximum absolute atomic E-state index is 13.7. The molecule has 0 unspecified atom stereocenters. The molecule has 2 amide bonds. The van der Waals surface area contributed by atoms with Gasteiger partial charge in [-0.3, -0.25) is 13.9 Å². The van der Waals surface area contributed by atoms with Gasteiger partial charge < -0.3 is 10.2 Å². The Hall–Kier alpha value is -2.88. The smallest absolute Gasteiger partial charge is 0.264 e. The Bertz CT molecular complexity index is 1300. The highest BCUT2D eigenvalue weighted by molar-refractivity contribution is 9.10. The maximum Gasteiger partial charge on any atom is 0.264 e. The summed E-state index contributed by atoms with van der Waals surface area (Å²) in [6.45, 7) is 3.44. The van der Waals surface area contributed by atoms with E-state index in [1.165, 1.54) is 17.0 Å². The third-order valence-corrected chi connectivity index (χ3v) is 8.02. The first-order valence-corrected chi connectivity index (χ1v) is 13.9. The molecule has 3 aromatic carbocycles. The Morgan fingerprint density at radius 1 is 1.00 bits per heavy atom. The standard InChI is InChI=1S/C26H27BrClN3O4S/c1-3-29-26(33)19(2)30(17-20-8-7-9-21(27)16-20)25(32)18-31(23-14-12-22(28)13-15-23)36(34,35)24-10-5-4-6-11-24/h4-16,19H,3,17-18H2,1-2H3,(H,29,33)/t19-/m0/s1. The van der Waals surface area contributed by atoms with Crippen molar-refractivity contribution in [3.8, 4) is 0 Å². The first kappa shape index (κ1) is 27.7. The van der Waals surface area contributed by atoms with E-state index < -0.39 is 28.5 Å². The second kappa shape index (κ2) is 12.4. The first-order chi connectivity index (χ1) is 17.1. The highest BCUT2D eigenvalue weighted by Gasteiger charge is 2.32. The SMILES string of the molecule is CCNC(=O)[C@H](C)N(Cc1cccc(Br)c1)C(=O)CN(c1ccc(Cl)cc1)S(=O)(=O)c1ccccc1. The highest BCUT2D eigenvalue weighted by atomic mass is 79.9. The summed E-state index contributed by atoms with van der Waals surface area (Å²) in [5.41, 5.74) is 1.07. The molecule has 0 spiro atoms. The van der Waals surface area contributed by atoms with E-state index in [0.717, 1.165) is 14.3 Å². The van der Waals surface area contributed by atoms with E-state index in [9.17, 15) is 18.0 Å². The lowest BCUT2D eigenvalue weighted by atomic mass is 10.1. The van der Waals surface area contributed by atoms with Crippen molar-refractivity contribution in [1.29, 1.82) is 0 Å². The molecule has 1 N–H and O–H groups in total. The zero-order chi connectivity index (χ0) is 26.3. The van der Waals surface area contributed by atoms with Crippen molar-refractivity contribution in [3.05, 3.63) is 93.9 Å². The van der Waals surface area contributed by atoms with Crippen LogP contribution >= 0.6 is 27.5 Å². The van der Waals surface area contributed by atoms with Gasteiger partial charge in [0.15, 0.2) is 0 Å². The van der Waals surface area contributed by atoms with E-state index >= 15 is 0 Å². The number of hydrogen-bond donors (Lipinski definition) is 1. The minimum Gasteiger partial charge on any atom is -0.355 e. The van der Waals surface area contributed by atoms with Crippen LogP contribution in [-0.2, 0) is 26.2 Å². The molecule has 0 aromatic heterocycles. The summed E-state index contributed by atoms with van der Waals surface area (Å²) in [5, 5.41) is 3.17. The lowest BCUT2D eigenvalue weighted by molar-refractivity contribution is -0.139. The van der Waals surface area contributed by atoms with E-state index in [0.29, 0.717) is 11.6 Å². The number of carbonyl (C=O) groups is 2. The molecule has 0 radical (unpaired) electrons. The molecule has 3 rings (SSSR count). The molecular weight excluding hydrogens is 566 g/mol. The Labute approximate surface area is 225 Å². The molecule has 3 aromatic rings. The van der Waals surface area contributed by atoms with Crippen LogP contribution in [0.15, 0.2) is 88.2 Å². The van der Waals surface area contributed by atoms with Crippen LogP contribution in [0.2, 0.25) is 5.02 Å². The number of sulfonamides is 1. The third kappa shape index (κ3) is 6.87. The number of likely N-dealkylation sites (N-methyl/N-ethyl adjacent to an activating group) is 1. The van der Waals surface area contributed by atoms with Crippen molar-refractivity contribution in [1.82, 2.24) is 10.2 Å². The molecule has 7 nitrogen and oxygen atoms in total. The minimum atomic E-state index is -4.10. The summed E-state index contributed by atoms with van der Waals surface area (Å²) in [6, 6.07) is 20.6. The van der Waals surface area contributed by atoms with Crippen molar-refractivity contribution in [2.75, 3.05) is 17.4 Å². The molecule has 10 heteroatoms. The van der Waals surface area contributed by atoms with Crippen LogP contribution in [0.4, 0.5) is 5.69 Å². The van der Waals surface area contributed by atoms with E-state index in [1.807, 2.05) is 24.3 Å². The number of amides is 2. The van der Waals surface area contributed by atoms with Gasteiger partial charge in [0.25, 0.3) is 10.0 Å². The number of nitrogens with zero attached hydrogens (tertiary/aromatic N) is 2. The number of benzene rings is 3. The van der Waals surface area contributed by atoms with Gasteiger partial charge in [-0.25, -0.2) is 8.42 Å². The average molecular weight is 593 g/mol. The van der Waals surface area contributed by atoms with E-state index in [4.69, 9.17) is 11.6 Å². The van der Waals surface area contributed by atoms with Crippen molar-refractivity contribution < 1.29 is 18.0 Å². The summed E-state index contributed by atoms with van der Waals surface area (Å²) < 4.78 is 29.1. The summed E-state index contributed by atoms with van der Waals surface area (Å²) in [5.74, 6) is -0.854. The van der Waals surface area contributed by atoms with Crippen LogP contribution in [0.1, 0.15) is 19.4 Å². The van der Waals surface area contributed by atoms with Gasteiger partial charge >= 0.3 is 0 Å². The number of nitrogens with one attached hydrogen (secondary N) is 1. The van der Waals surface area contributed by atoms with Crippen LogP contribution in [0.25, 0.3) is 0 Å². The highest BCUT2D eigenvalue weighted by Crippen LogP contribution is 2.26. The minimum absolute atomic E-state index is 0.0445. The van der Waals surface area contributed by atoms with Crippen LogP contribution in [0, 0.1) is 0 Å². The number of rotatable bonds is 10. The summed E-state index contributed by atoms with van der Waals surface area (Å²) in [4.78, 5) is 27.8. The van der Waals surface area contributed by atoms with Crippen LogP contribution < -0.4 is 9.62 Å². The molecule has 190 valence electrons. The second-order valence-electron chi connectivity index (χ2n) is 8.02. The molecule has 0 aliphatic rings. The van der Waals surface area contributed by atoms with Crippen LogP contribution in [-0.4, -0.2) is 44.3 Å². The number of hydrogen-bond acceptors (Lipinski definition) is 4. The van der Waals surface area contributed by atoms with E-state index in [-0.39, 0.29) is 23.0 Å². The molecule has 36 heavy (non-hydrogen) atoms. The number of carbonyl (C=O) groups excluding carboxylic acids is 2. The lowest BCUT2D eigenvalue weighted by Gasteiger charge is -2.32. The zero-order valence-electron chi connectivity index (χ0n) is 19.9. The Morgan fingerprint density at radius 2 is 1.67 bits per heavy atom. The number of anilines is 1. The third-order valence-electron chi connectivity index (χ3n) is 5.48. The van der Waals surface area contributed by atoms with Crippen molar-refractivity contribution in [2.24, 2.45) is 0 Å². The fourth-order valence-corrected chi connectivity index (χ4v) is 5.60. The van der Waals surface area contributed by atoms with Gasteiger partial charge in [-0.1, -0.05) is 57.9 Å². The van der Waals surface area contributed by atoms with Gasteiger partial charge in [0.1, 0.15) is 12.6 Å². The molecule has 0 bridgehead atoms. The molecule has 0 saturated carbocycles. The van der Waals surface area contributed by atoms with Gasteiger partial charge in [-0.2, -0.15) is 0 Å². The van der Waals surface area contributed by atoms with Gasteiger partial charge in [0, 0.05) is 22.6 Å². The molecule has 0 heterocycles. The molecule has 0 saturated heterocycles. The Kier molecular flexibility index (Phi) is 9.53. The summed E-state index contributed by atoms with van der Waals surface area (Å²) in [7, 11) is -4.10. The van der Waals surface area contributed by atoms with E-state index in [2.05, 4.69) is 21.2 Å². The quantitative estimate of drug-likeness (QED) is 0.365. The molecule has 0 aliphatic heterocycles.